The summed E-state index contributed by atoms with van der Waals surface area (Å²) in [5.74, 6) is 0. The Kier molecular flexibility index (Phi) is 6.01. The van der Waals surface area contributed by atoms with E-state index in [0.29, 0.717) is 6.04 Å². The lowest BCUT2D eigenvalue weighted by molar-refractivity contribution is 0.575. The van der Waals surface area contributed by atoms with Gasteiger partial charge in [0, 0.05) is 11.8 Å². The monoisotopic (exact) mass is 297 g/mol. The van der Waals surface area contributed by atoms with Crippen LogP contribution >= 0.6 is 11.2 Å². The van der Waals surface area contributed by atoms with Crippen molar-refractivity contribution in [1.29, 1.82) is 0 Å². The summed E-state index contributed by atoms with van der Waals surface area (Å²) >= 11 is 2.31. The largest absolute Gasteiger partial charge is 0.291 e. The topological polar surface area (TPSA) is 12.4 Å². The molecule has 0 aromatic heterocycles. The zero-order valence-corrected chi connectivity index (χ0v) is 14.9. The molecule has 110 valence electrons. The van der Waals surface area contributed by atoms with Gasteiger partial charge in [-0.15, -0.1) is 0 Å². The first-order valence-electron chi connectivity index (χ1n) is 8.26. The predicted octanol–water partition coefficient (Wildman–Crippen LogP) is 5.66. The summed E-state index contributed by atoms with van der Waals surface area (Å²) in [6.45, 7) is 7.44. The smallest absolute Gasteiger partial charge is 0.108 e. The van der Waals surface area contributed by atoms with Gasteiger partial charge in [-0.2, -0.15) is 11.2 Å². The van der Waals surface area contributed by atoms with Gasteiger partial charge in [0.1, 0.15) is 7.22 Å². The third kappa shape index (κ3) is 6.03. The summed E-state index contributed by atoms with van der Waals surface area (Å²) in [6.07, 6.45) is 13.8. The van der Waals surface area contributed by atoms with Crippen LogP contribution in [0.5, 0.6) is 0 Å². The molecule has 0 aromatic carbocycles. The Hall–Kier alpha value is 0.237. The summed E-state index contributed by atoms with van der Waals surface area (Å²) in [5, 5.41) is 0.930. The van der Waals surface area contributed by atoms with E-state index in [1.165, 1.54) is 64.2 Å². The van der Waals surface area contributed by atoms with Crippen molar-refractivity contribution in [3.63, 3.8) is 0 Å². The van der Waals surface area contributed by atoms with Crippen molar-refractivity contribution in [2.45, 2.75) is 95.1 Å². The Morgan fingerprint density at radius 1 is 0.895 bits per heavy atom. The van der Waals surface area contributed by atoms with E-state index >= 15 is 0 Å². The maximum absolute atomic E-state index is 5.10. The Morgan fingerprint density at radius 2 is 1.47 bits per heavy atom. The highest BCUT2D eigenvalue weighted by atomic mass is 32.4. The highest BCUT2D eigenvalue weighted by molar-refractivity contribution is 8.29. The van der Waals surface area contributed by atoms with Crippen LogP contribution in [-0.2, 0) is 0 Å². The van der Waals surface area contributed by atoms with E-state index in [1.54, 1.807) is 5.71 Å². The van der Waals surface area contributed by atoms with Gasteiger partial charge in [0.25, 0.3) is 0 Å². The van der Waals surface area contributed by atoms with Gasteiger partial charge in [0.05, 0.1) is 0 Å². The van der Waals surface area contributed by atoms with E-state index in [-0.39, 0.29) is 0 Å². The van der Waals surface area contributed by atoms with Crippen molar-refractivity contribution in [1.82, 2.24) is 0 Å². The van der Waals surface area contributed by atoms with Crippen molar-refractivity contribution >= 4 is 24.1 Å². The average molecular weight is 298 g/mol. The normalized spacial score (nSPS) is 27.1. The standard InChI is InChI=1S/C16H31NSSi/c1-19(2,3)18-16-12-10-15(11-13-16)17-14-8-6-4-5-7-9-14/h14,16H,4-13H2,1-3H3. The molecule has 0 bridgehead atoms. The number of hydrogen-bond donors (Lipinski definition) is 0. The molecule has 0 spiro atoms. The summed E-state index contributed by atoms with van der Waals surface area (Å²) in [6, 6.07) is 0.679. The number of rotatable bonds is 3. The second kappa shape index (κ2) is 7.30. The van der Waals surface area contributed by atoms with Gasteiger partial charge in [0.2, 0.25) is 0 Å². The molecule has 0 N–H and O–H groups in total. The molecule has 0 atom stereocenters. The van der Waals surface area contributed by atoms with E-state index in [2.05, 4.69) is 30.9 Å². The maximum Gasteiger partial charge on any atom is 0.108 e. The molecule has 2 fully saturated rings. The van der Waals surface area contributed by atoms with E-state index in [9.17, 15) is 0 Å². The van der Waals surface area contributed by atoms with Crippen molar-refractivity contribution in [2.75, 3.05) is 0 Å². The van der Waals surface area contributed by atoms with Gasteiger partial charge in [-0.1, -0.05) is 45.3 Å². The van der Waals surface area contributed by atoms with Crippen LogP contribution in [-0.4, -0.2) is 24.2 Å². The van der Waals surface area contributed by atoms with Crippen LogP contribution < -0.4 is 0 Å². The Labute approximate surface area is 124 Å². The van der Waals surface area contributed by atoms with Crippen LogP contribution in [0.15, 0.2) is 4.99 Å². The van der Waals surface area contributed by atoms with Crippen molar-refractivity contribution in [3.05, 3.63) is 0 Å². The van der Waals surface area contributed by atoms with Gasteiger partial charge in [-0.05, 0) is 43.8 Å². The molecule has 0 heterocycles. The minimum atomic E-state index is -0.939. The molecule has 1 nitrogen and oxygen atoms in total. The minimum absolute atomic E-state index is 0.679. The second-order valence-corrected chi connectivity index (χ2v) is 16.8. The molecule has 2 aliphatic carbocycles. The Balaban J connectivity index is 1.78. The molecular weight excluding hydrogens is 266 g/mol. The first-order valence-corrected chi connectivity index (χ1v) is 13.4. The van der Waals surface area contributed by atoms with Gasteiger partial charge in [0.15, 0.2) is 0 Å². The summed E-state index contributed by atoms with van der Waals surface area (Å²) in [5.41, 5.74) is 1.55. The molecule has 0 radical (unpaired) electrons. The van der Waals surface area contributed by atoms with Crippen LogP contribution in [0.1, 0.15) is 64.2 Å². The van der Waals surface area contributed by atoms with Crippen molar-refractivity contribution in [2.24, 2.45) is 4.99 Å². The van der Waals surface area contributed by atoms with Crippen LogP contribution in [0.4, 0.5) is 0 Å². The van der Waals surface area contributed by atoms with Crippen LogP contribution in [0, 0.1) is 0 Å². The third-order valence-corrected chi connectivity index (χ3v) is 8.85. The van der Waals surface area contributed by atoms with E-state index in [0.717, 1.165) is 5.25 Å². The quantitative estimate of drug-likeness (QED) is 0.483. The average Bonchev–Trinajstić information content (AvgIpc) is 2.58. The lowest BCUT2D eigenvalue weighted by atomic mass is 9.97. The first-order chi connectivity index (χ1) is 9.03. The highest BCUT2D eigenvalue weighted by Gasteiger charge is 2.25. The molecule has 19 heavy (non-hydrogen) atoms. The van der Waals surface area contributed by atoms with E-state index in [4.69, 9.17) is 4.99 Å². The molecular formula is C16H31NSSi. The Bertz CT molecular complexity index is 290. The second-order valence-electron chi connectivity index (χ2n) is 7.27. The zero-order chi connectivity index (χ0) is 13.7. The fourth-order valence-corrected chi connectivity index (χ4v) is 8.50. The molecule has 0 aliphatic heterocycles. The molecule has 0 unspecified atom stereocenters. The van der Waals surface area contributed by atoms with E-state index in [1.807, 2.05) is 0 Å². The lowest BCUT2D eigenvalue weighted by Gasteiger charge is -2.28. The van der Waals surface area contributed by atoms with Gasteiger partial charge in [-0.3, -0.25) is 4.99 Å². The molecule has 2 rings (SSSR count). The SMILES string of the molecule is C[Si](C)(C)SC1CCC(=NC2CCCCCC2)CC1. The highest BCUT2D eigenvalue weighted by Crippen LogP contribution is 2.34. The summed E-state index contributed by atoms with van der Waals surface area (Å²) in [4.78, 5) is 5.10. The lowest BCUT2D eigenvalue weighted by Crippen LogP contribution is -2.25. The number of nitrogens with zero attached hydrogens (tertiary/aromatic N) is 1. The minimum Gasteiger partial charge on any atom is -0.291 e. The molecule has 0 aromatic rings. The van der Waals surface area contributed by atoms with Gasteiger partial charge >= 0.3 is 0 Å². The van der Waals surface area contributed by atoms with Crippen molar-refractivity contribution in [3.8, 4) is 0 Å². The Morgan fingerprint density at radius 3 is 2.00 bits per heavy atom. The van der Waals surface area contributed by atoms with Gasteiger partial charge < -0.3 is 0 Å². The molecule has 0 amide bonds. The molecule has 2 aliphatic rings. The predicted molar refractivity (Wildman–Crippen MR) is 92.1 cm³/mol. The molecule has 2 saturated carbocycles. The van der Waals surface area contributed by atoms with Crippen LogP contribution in [0.3, 0.4) is 0 Å². The fraction of sp³-hybridized carbons (Fsp3) is 0.938. The van der Waals surface area contributed by atoms with Gasteiger partial charge in [-0.25, -0.2) is 0 Å². The maximum atomic E-state index is 5.10. The molecule has 0 saturated heterocycles. The third-order valence-electron chi connectivity index (χ3n) is 4.22. The van der Waals surface area contributed by atoms with Crippen LogP contribution in [0.2, 0.25) is 19.6 Å². The van der Waals surface area contributed by atoms with Crippen molar-refractivity contribution < 1.29 is 0 Å². The zero-order valence-electron chi connectivity index (χ0n) is 13.1. The fourth-order valence-electron chi connectivity index (χ4n) is 3.32. The summed E-state index contributed by atoms with van der Waals surface area (Å²) in [7, 11) is -0.939. The van der Waals surface area contributed by atoms with Crippen LogP contribution in [0.25, 0.3) is 0 Å². The number of hydrogen-bond acceptors (Lipinski definition) is 2. The summed E-state index contributed by atoms with van der Waals surface area (Å²) < 4.78 is 0. The first kappa shape index (κ1) is 15.6. The molecule has 3 heteroatoms. The van der Waals surface area contributed by atoms with E-state index < -0.39 is 7.22 Å². The number of aliphatic imine (C=N–C) groups is 1.